The monoisotopic (exact) mass is 273 g/mol. The number of fused-ring (bicyclic) bond motifs is 1. The summed E-state index contributed by atoms with van der Waals surface area (Å²) in [4.78, 5) is 0. The normalized spacial score (nSPS) is 11.2. The van der Waals surface area contributed by atoms with Gasteiger partial charge in [-0.3, -0.25) is 0 Å². The number of nitrogens with zero attached hydrogens (tertiary/aromatic N) is 1. The van der Waals surface area contributed by atoms with Gasteiger partial charge < -0.3 is 9.94 Å². The molecule has 0 unspecified atom stereocenters. The zero-order chi connectivity index (χ0) is 14.4. The number of rotatable bonds is 7. The summed E-state index contributed by atoms with van der Waals surface area (Å²) in [6, 6.07) is 12.6. The lowest BCUT2D eigenvalue weighted by atomic mass is 10.0. The van der Waals surface area contributed by atoms with Crippen molar-refractivity contribution in [2.24, 2.45) is 0 Å². The van der Waals surface area contributed by atoms with Gasteiger partial charge in [-0.1, -0.05) is 37.6 Å². The van der Waals surface area contributed by atoms with Gasteiger partial charge in [-0.15, -0.1) is 0 Å². The molecule has 20 heavy (non-hydrogen) atoms. The summed E-state index contributed by atoms with van der Waals surface area (Å²) in [5.41, 5.74) is 1.21. The van der Waals surface area contributed by atoms with Crippen LogP contribution in [0, 0.1) is 0 Å². The number of unbranched alkanes of at least 4 members (excludes halogenated alkanes) is 1. The van der Waals surface area contributed by atoms with Gasteiger partial charge in [-0.25, -0.2) is 0 Å². The van der Waals surface area contributed by atoms with Crippen LogP contribution in [0.1, 0.15) is 25.3 Å². The third-order valence-electron chi connectivity index (χ3n) is 3.39. The summed E-state index contributed by atoms with van der Waals surface area (Å²) in [7, 11) is 1.67. The molecule has 0 aliphatic carbocycles. The molecular weight excluding hydrogens is 250 g/mol. The maximum atomic E-state index is 9.23. The predicted octanol–water partition coefficient (Wildman–Crippen LogP) is 3.88. The van der Waals surface area contributed by atoms with Crippen molar-refractivity contribution >= 4 is 10.8 Å². The molecule has 2 aromatic rings. The van der Waals surface area contributed by atoms with Crippen LogP contribution >= 0.6 is 0 Å². The Labute approximate surface area is 120 Å². The highest BCUT2D eigenvalue weighted by Gasteiger charge is 2.04. The lowest BCUT2D eigenvalue weighted by Crippen LogP contribution is -2.15. The highest BCUT2D eigenvalue weighted by molar-refractivity contribution is 5.88. The summed E-state index contributed by atoms with van der Waals surface area (Å²) in [6.07, 6.45) is 3.04. The Hall–Kier alpha value is -1.58. The Morgan fingerprint density at radius 1 is 1.20 bits per heavy atom. The van der Waals surface area contributed by atoms with Gasteiger partial charge in [0.15, 0.2) is 0 Å². The minimum atomic E-state index is 0.629. The SMILES string of the molecule is CCCCOc1cccc2ccc(CCN(C)O)cc12. The van der Waals surface area contributed by atoms with Gasteiger partial charge in [0.1, 0.15) is 5.75 Å². The van der Waals surface area contributed by atoms with E-state index < -0.39 is 0 Å². The molecule has 0 aliphatic rings. The van der Waals surface area contributed by atoms with Crippen molar-refractivity contribution in [3.05, 3.63) is 42.0 Å². The molecule has 0 radical (unpaired) electrons. The van der Waals surface area contributed by atoms with E-state index in [-0.39, 0.29) is 0 Å². The van der Waals surface area contributed by atoms with E-state index in [1.165, 1.54) is 16.0 Å². The molecule has 0 saturated carbocycles. The van der Waals surface area contributed by atoms with Gasteiger partial charge in [-0.2, -0.15) is 5.06 Å². The van der Waals surface area contributed by atoms with Crippen LogP contribution in [0.15, 0.2) is 36.4 Å². The van der Waals surface area contributed by atoms with E-state index in [1.807, 2.05) is 12.1 Å². The van der Waals surface area contributed by atoms with Gasteiger partial charge in [0.05, 0.1) is 6.61 Å². The quantitative estimate of drug-likeness (QED) is 0.614. The zero-order valence-electron chi connectivity index (χ0n) is 12.3. The zero-order valence-corrected chi connectivity index (χ0v) is 12.3. The van der Waals surface area contributed by atoms with Crippen LogP contribution in [0.25, 0.3) is 10.8 Å². The van der Waals surface area contributed by atoms with Gasteiger partial charge in [-0.05, 0) is 35.9 Å². The lowest BCUT2D eigenvalue weighted by Gasteiger charge is -2.11. The Morgan fingerprint density at radius 2 is 2.05 bits per heavy atom. The van der Waals surface area contributed by atoms with Crippen LogP contribution in [0.3, 0.4) is 0 Å². The van der Waals surface area contributed by atoms with Crippen molar-refractivity contribution in [1.29, 1.82) is 0 Å². The third kappa shape index (κ3) is 3.95. The van der Waals surface area contributed by atoms with Crippen molar-refractivity contribution in [1.82, 2.24) is 5.06 Å². The van der Waals surface area contributed by atoms with Crippen molar-refractivity contribution in [3.63, 3.8) is 0 Å². The molecule has 3 nitrogen and oxygen atoms in total. The molecule has 0 aliphatic heterocycles. The molecule has 0 amide bonds. The average molecular weight is 273 g/mol. The van der Waals surface area contributed by atoms with Gasteiger partial charge in [0.25, 0.3) is 0 Å². The molecule has 1 N–H and O–H groups in total. The van der Waals surface area contributed by atoms with E-state index in [9.17, 15) is 5.21 Å². The van der Waals surface area contributed by atoms with Crippen molar-refractivity contribution < 1.29 is 9.94 Å². The fraction of sp³-hybridized carbons (Fsp3) is 0.412. The second-order valence-electron chi connectivity index (χ2n) is 5.14. The largest absolute Gasteiger partial charge is 0.493 e. The minimum Gasteiger partial charge on any atom is -0.493 e. The van der Waals surface area contributed by atoms with E-state index in [2.05, 4.69) is 31.2 Å². The van der Waals surface area contributed by atoms with Gasteiger partial charge >= 0.3 is 0 Å². The number of ether oxygens (including phenoxy) is 1. The molecule has 3 heteroatoms. The molecule has 0 atom stereocenters. The molecule has 0 fully saturated rings. The summed E-state index contributed by atoms with van der Waals surface area (Å²) >= 11 is 0. The third-order valence-corrected chi connectivity index (χ3v) is 3.39. The van der Waals surface area contributed by atoms with Crippen molar-refractivity contribution in [2.45, 2.75) is 26.2 Å². The molecule has 108 valence electrons. The number of hydrogen-bond donors (Lipinski definition) is 1. The number of likely N-dealkylation sites (N-methyl/N-ethyl adjacent to an activating group) is 1. The number of hydroxylamine groups is 2. The second-order valence-corrected chi connectivity index (χ2v) is 5.14. The lowest BCUT2D eigenvalue weighted by molar-refractivity contribution is -0.0634. The summed E-state index contributed by atoms with van der Waals surface area (Å²) in [5, 5.41) is 12.8. The summed E-state index contributed by atoms with van der Waals surface area (Å²) in [6.45, 7) is 3.56. The first-order valence-electron chi connectivity index (χ1n) is 7.25. The molecule has 0 aromatic heterocycles. The van der Waals surface area contributed by atoms with Crippen LogP contribution in [0.4, 0.5) is 0 Å². The Kier molecular flexibility index (Phi) is 5.39. The number of benzene rings is 2. The Morgan fingerprint density at radius 3 is 2.80 bits per heavy atom. The van der Waals surface area contributed by atoms with Crippen LogP contribution in [0.5, 0.6) is 5.75 Å². The average Bonchev–Trinajstić information content (AvgIpc) is 2.45. The molecule has 0 bridgehead atoms. The first-order chi connectivity index (χ1) is 9.70. The van der Waals surface area contributed by atoms with E-state index in [0.717, 1.165) is 37.0 Å². The molecule has 0 spiro atoms. The smallest absolute Gasteiger partial charge is 0.127 e. The molecular formula is C17H23NO2. The van der Waals surface area contributed by atoms with E-state index in [1.54, 1.807) is 7.05 Å². The maximum absolute atomic E-state index is 9.23. The standard InChI is InChI=1S/C17H23NO2/c1-3-4-12-20-17-7-5-6-15-9-8-14(13-16(15)17)10-11-18(2)19/h5-9,13,19H,3-4,10-12H2,1-2H3. The fourth-order valence-electron chi connectivity index (χ4n) is 2.19. The highest BCUT2D eigenvalue weighted by Crippen LogP contribution is 2.27. The van der Waals surface area contributed by atoms with E-state index in [0.29, 0.717) is 6.54 Å². The van der Waals surface area contributed by atoms with E-state index in [4.69, 9.17) is 4.74 Å². The first-order valence-corrected chi connectivity index (χ1v) is 7.25. The van der Waals surface area contributed by atoms with E-state index >= 15 is 0 Å². The van der Waals surface area contributed by atoms with Crippen LogP contribution in [-0.2, 0) is 6.42 Å². The molecule has 2 rings (SSSR count). The maximum Gasteiger partial charge on any atom is 0.127 e. The second kappa shape index (κ2) is 7.27. The molecule has 0 heterocycles. The van der Waals surface area contributed by atoms with Crippen LogP contribution in [-0.4, -0.2) is 30.5 Å². The Balaban J connectivity index is 2.21. The van der Waals surface area contributed by atoms with Crippen LogP contribution < -0.4 is 4.74 Å². The number of hydrogen-bond acceptors (Lipinski definition) is 3. The summed E-state index contributed by atoms with van der Waals surface area (Å²) in [5.74, 6) is 0.954. The first kappa shape index (κ1) is 14.8. The molecule has 0 saturated heterocycles. The van der Waals surface area contributed by atoms with Gasteiger partial charge in [0.2, 0.25) is 0 Å². The fourth-order valence-corrected chi connectivity index (χ4v) is 2.19. The predicted molar refractivity (Wildman–Crippen MR) is 82.5 cm³/mol. The van der Waals surface area contributed by atoms with Crippen molar-refractivity contribution in [3.8, 4) is 5.75 Å². The van der Waals surface area contributed by atoms with Crippen LogP contribution in [0.2, 0.25) is 0 Å². The molecule has 2 aromatic carbocycles. The Bertz CT molecular complexity index is 552. The highest BCUT2D eigenvalue weighted by atomic mass is 16.5. The topological polar surface area (TPSA) is 32.7 Å². The van der Waals surface area contributed by atoms with Gasteiger partial charge in [0, 0.05) is 19.0 Å². The minimum absolute atomic E-state index is 0.629. The van der Waals surface area contributed by atoms with Crippen molar-refractivity contribution in [2.75, 3.05) is 20.2 Å². The summed E-state index contributed by atoms with van der Waals surface area (Å²) < 4.78 is 5.88.